The number of amides is 2. The standard InChI is InChI=1S/C19H25N3O4/c1-12(2)19(5,11-20)22-16(23)10-26-18(25)14(4)21-17(24)15-8-6-7-13(3)9-15/h6-9,12,14H,10H2,1-5H3,(H,21,24)(H,22,23)/t14-,19+/m0/s1. The largest absolute Gasteiger partial charge is 0.454 e. The normalized spacial score (nSPS) is 13.9. The van der Waals surface area contributed by atoms with Gasteiger partial charge < -0.3 is 15.4 Å². The molecular weight excluding hydrogens is 334 g/mol. The van der Waals surface area contributed by atoms with E-state index in [1.807, 2.05) is 19.1 Å². The lowest BCUT2D eigenvalue weighted by molar-refractivity contribution is -0.150. The zero-order chi connectivity index (χ0) is 19.9. The summed E-state index contributed by atoms with van der Waals surface area (Å²) >= 11 is 0. The fraction of sp³-hybridized carbons (Fsp3) is 0.474. The first-order valence-electron chi connectivity index (χ1n) is 8.35. The Morgan fingerprint density at radius 1 is 1.27 bits per heavy atom. The second-order valence-electron chi connectivity index (χ2n) is 6.69. The number of nitrogens with zero attached hydrogens (tertiary/aromatic N) is 1. The van der Waals surface area contributed by atoms with Crippen molar-refractivity contribution in [1.29, 1.82) is 5.26 Å². The molecule has 1 aromatic rings. The van der Waals surface area contributed by atoms with Crippen LogP contribution in [0.2, 0.25) is 0 Å². The van der Waals surface area contributed by atoms with Crippen LogP contribution in [0.15, 0.2) is 24.3 Å². The minimum atomic E-state index is -1.05. The molecule has 0 saturated carbocycles. The minimum absolute atomic E-state index is 0.111. The number of nitrogens with one attached hydrogen (secondary N) is 2. The summed E-state index contributed by atoms with van der Waals surface area (Å²) < 4.78 is 4.92. The summed E-state index contributed by atoms with van der Waals surface area (Å²) in [5, 5.41) is 14.2. The van der Waals surface area contributed by atoms with Crippen molar-refractivity contribution in [3.63, 3.8) is 0 Å². The number of ether oxygens (including phenoxy) is 1. The molecule has 1 aromatic carbocycles. The molecule has 0 unspecified atom stereocenters. The molecule has 7 heteroatoms. The van der Waals surface area contributed by atoms with Gasteiger partial charge in [-0.3, -0.25) is 9.59 Å². The predicted molar refractivity (Wildman–Crippen MR) is 96.1 cm³/mol. The molecule has 0 bridgehead atoms. The van der Waals surface area contributed by atoms with Crippen LogP contribution in [0.4, 0.5) is 0 Å². The summed E-state index contributed by atoms with van der Waals surface area (Å²) in [6.07, 6.45) is 0. The zero-order valence-corrected chi connectivity index (χ0v) is 15.8. The molecule has 0 radical (unpaired) electrons. The van der Waals surface area contributed by atoms with E-state index in [2.05, 4.69) is 10.6 Å². The molecule has 0 heterocycles. The lowest BCUT2D eigenvalue weighted by Crippen LogP contribution is -2.50. The monoisotopic (exact) mass is 359 g/mol. The molecule has 0 aliphatic heterocycles. The van der Waals surface area contributed by atoms with Crippen molar-refractivity contribution in [1.82, 2.24) is 10.6 Å². The molecule has 1 rings (SSSR count). The number of carbonyl (C=O) groups is 3. The van der Waals surface area contributed by atoms with E-state index in [9.17, 15) is 19.6 Å². The van der Waals surface area contributed by atoms with Gasteiger partial charge in [0.1, 0.15) is 11.6 Å². The Kier molecular flexibility index (Phi) is 7.32. The van der Waals surface area contributed by atoms with Gasteiger partial charge in [-0.15, -0.1) is 0 Å². The fourth-order valence-electron chi connectivity index (χ4n) is 2.01. The highest BCUT2D eigenvalue weighted by Gasteiger charge is 2.30. The highest BCUT2D eigenvalue weighted by molar-refractivity contribution is 5.97. The van der Waals surface area contributed by atoms with E-state index in [4.69, 9.17) is 4.74 Å². The zero-order valence-electron chi connectivity index (χ0n) is 15.8. The first kappa shape index (κ1) is 21.2. The first-order chi connectivity index (χ1) is 12.1. The predicted octanol–water partition coefficient (Wildman–Crippen LogP) is 1.71. The van der Waals surface area contributed by atoms with Gasteiger partial charge in [-0.25, -0.2) is 4.79 Å². The van der Waals surface area contributed by atoms with Gasteiger partial charge in [0.15, 0.2) is 6.61 Å². The molecule has 2 N–H and O–H groups in total. The van der Waals surface area contributed by atoms with E-state index in [1.54, 1.807) is 39.0 Å². The first-order valence-corrected chi connectivity index (χ1v) is 8.35. The Labute approximate surface area is 153 Å². The maximum atomic E-state index is 12.1. The summed E-state index contributed by atoms with van der Waals surface area (Å²) in [6.45, 7) is 8.02. The summed E-state index contributed by atoms with van der Waals surface area (Å²) in [6, 6.07) is 8.08. The number of hydrogen-bond donors (Lipinski definition) is 2. The molecule has 7 nitrogen and oxygen atoms in total. The lowest BCUT2D eigenvalue weighted by atomic mass is 9.90. The van der Waals surface area contributed by atoms with Gasteiger partial charge in [0.05, 0.1) is 6.07 Å². The van der Waals surface area contributed by atoms with E-state index >= 15 is 0 Å². The molecule has 0 aliphatic carbocycles. The number of rotatable bonds is 7. The smallest absolute Gasteiger partial charge is 0.328 e. The Morgan fingerprint density at radius 3 is 2.46 bits per heavy atom. The van der Waals surface area contributed by atoms with Gasteiger partial charge in [0, 0.05) is 5.56 Å². The number of hydrogen-bond acceptors (Lipinski definition) is 5. The maximum Gasteiger partial charge on any atom is 0.328 e. The van der Waals surface area contributed by atoms with Crippen molar-refractivity contribution >= 4 is 17.8 Å². The average Bonchev–Trinajstić information content (AvgIpc) is 2.59. The van der Waals surface area contributed by atoms with E-state index < -0.39 is 36.0 Å². The van der Waals surface area contributed by atoms with Crippen molar-refractivity contribution in [2.75, 3.05) is 6.61 Å². The van der Waals surface area contributed by atoms with Crippen LogP contribution < -0.4 is 10.6 Å². The van der Waals surface area contributed by atoms with Crippen molar-refractivity contribution in [2.24, 2.45) is 5.92 Å². The van der Waals surface area contributed by atoms with Crippen molar-refractivity contribution in [2.45, 2.75) is 46.2 Å². The summed E-state index contributed by atoms with van der Waals surface area (Å²) in [5.41, 5.74) is 0.313. The van der Waals surface area contributed by atoms with Crippen molar-refractivity contribution in [3.05, 3.63) is 35.4 Å². The molecule has 0 fully saturated rings. The third kappa shape index (κ3) is 5.88. The third-order valence-corrected chi connectivity index (χ3v) is 4.11. The molecule has 0 saturated heterocycles. The SMILES string of the molecule is Cc1cccc(C(=O)N[C@@H](C)C(=O)OCC(=O)N[C@](C)(C#N)C(C)C)c1. The van der Waals surface area contributed by atoms with Crippen LogP contribution in [0.25, 0.3) is 0 Å². The van der Waals surface area contributed by atoms with Crippen LogP contribution in [-0.4, -0.2) is 36.0 Å². The molecule has 0 aliphatic rings. The number of nitriles is 1. The summed E-state index contributed by atoms with van der Waals surface area (Å²) in [5.74, 6) is -1.82. The molecule has 140 valence electrons. The molecule has 0 aromatic heterocycles. The maximum absolute atomic E-state index is 12.1. The number of carbonyl (C=O) groups excluding carboxylic acids is 3. The molecule has 2 atom stereocenters. The number of aryl methyl sites for hydroxylation is 1. The Balaban J connectivity index is 2.53. The van der Waals surface area contributed by atoms with Crippen molar-refractivity contribution in [3.8, 4) is 6.07 Å². The Hall–Kier alpha value is -2.88. The molecular formula is C19H25N3O4. The Bertz CT molecular complexity index is 724. The van der Waals surface area contributed by atoms with E-state index in [1.165, 1.54) is 6.92 Å². The molecule has 2 amide bonds. The molecule has 0 spiro atoms. The number of esters is 1. The summed E-state index contributed by atoms with van der Waals surface area (Å²) in [7, 11) is 0. The van der Waals surface area contributed by atoms with Gasteiger partial charge in [-0.1, -0.05) is 31.5 Å². The average molecular weight is 359 g/mol. The van der Waals surface area contributed by atoms with Gasteiger partial charge in [0.25, 0.3) is 11.8 Å². The van der Waals surface area contributed by atoms with E-state index in [0.717, 1.165) is 5.56 Å². The minimum Gasteiger partial charge on any atom is -0.454 e. The van der Waals surface area contributed by atoms with E-state index in [0.29, 0.717) is 5.56 Å². The highest BCUT2D eigenvalue weighted by Crippen LogP contribution is 2.14. The van der Waals surface area contributed by atoms with Gasteiger partial charge in [0.2, 0.25) is 0 Å². The van der Waals surface area contributed by atoms with Crippen LogP contribution in [0.1, 0.15) is 43.6 Å². The number of benzene rings is 1. The van der Waals surface area contributed by atoms with Crippen LogP contribution in [0, 0.1) is 24.2 Å². The second-order valence-corrected chi connectivity index (χ2v) is 6.69. The van der Waals surface area contributed by atoms with Crippen LogP contribution in [-0.2, 0) is 14.3 Å². The van der Waals surface area contributed by atoms with Crippen LogP contribution in [0.5, 0.6) is 0 Å². The third-order valence-electron chi connectivity index (χ3n) is 4.11. The van der Waals surface area contributed by atoms with Crippen LogP contribution >= 0.6 is 0 Å². The second kappa shape index (κ2) is 8.99. The van der Waals surface area contributed by atoms with Gasteiger partial charge >= 0.3 is 5.97 Å². The van der Waals surface area contributed by atoms with Gasteiger partial charge in [-0.2, -0.15) is 5.26 Å². The quantitative estimate of drug-likeness (QED) is 0.721. The van der Waals surface area contributed by atoms with Crippen LogP contribution in [0.3, 0.4) is 0 Å². The van der Waals surface area contributed by atoms with Gasteiger partial charge in [-0.05, 0) is 38.8 Å². The molecule has 26 heavy (non-hydrogen) atoms. The topological polar surface area (TPSA) is 108 Å². The lowest BCUT2D eigenvalue weighted by Gasteiger charge is -2.27. The highest BCUT2D eigenvalue weighted by atomic mass is 16.5. The van der Waals surface area contributed by atoms with E-state index in [-0.39, 0.29) is 5.92 Å². The Morgan fingerprint density at radius 2 is 1.92 bits per heavy atom. The fourth-order valence-corrected chi connectivity index (χ4v) is 2.01. The summed E-state index contributed by atoms with van der Waals surface area (Å²) in [4.78, 5) is 36.0. The van der Waals surface area contributed by atoms with Crippen molar-refractivity contribution < 1.29 is 19.1 Å².